The maximum absolute atomic E-state index is 14.4. The van der Waals surface area contributed by atoms with Crippen LogP contribution in [0, 0.1) is 6.92 Å². The molecular formula is C45H41NO6S. The summed E-state index contributed by atoms with van der Waals surface area (Å²) in [6.07, 6.45) is 1.27. The van der Waals surface area contributed by atoms with Crippen LogP contribution in [-0.2, 0) is 29.8 Å². The van der Waals surface area contributed by atoms with Crippen molar-refractivity contribution in [2.24, 2.45) is 0 Å². The molecule has 0 amide bonds. The van der Waals surface area contributed by atoms with Crippen LogP contribution in [0.1, 0.15) is 36.1 Å². The number of fused-ring (bicyclic) bond motifs is 1. The molecule has 0 fully saturated rings. The predicted molar refractivity (Wildman–Crippen MR) is 209 cm³/mol. The van der Waals surface area contributed by atoms with Crippen LogP contribution in [0.3, 0.4) is 0 Å². The highest BCUT2D eigenvalue weighted by molar-refractivity contribution is 7.90. The molecule has 0 unspecified atom stereocenters. The lowest BCUT2D eigenvalue weighted by Crippen LogP contribution is -2.14. The van der Waals surface area contributed by atoms with E-state index in [1.807, 2.05) is 136 Å². The van der Waals surface area contributed by atoms with Crippen LogP contribution in [0.15, 0.2) is 157 Å². The number of ether oxygens (including phenoxy) is 4. The molecule has 6 aromatic carbocycles. The van der Waals surface area contributed by atoms with Gasteiger partial charge in [0, 0.05) is 11.6 Å². The summed E-state index contributed by atoms with van der Waals surface area (Å²) in [6, 6.07) is 46.0. The second-order valence-corrected chi connectivity index (χ2v) is 14.9. The molecule has 0 aliphatic rings. The second kappa shape index (κ2) is 15.7. The number of nitrogens with zero attached hydrogens (tertiary/aromatic N) is 1. The van der Waals surface area contributed by atoms with Gasteiger partial charge in [0.15, 0.2) is 11.5 Å². The van der Waals surface area contributed by atoms with Gasteiger partial charge in [-0.25, -0.2) is 12.4 Å². The smallest absolute Gasteiger partial charge is 0.268 e. The van der Waals surface area contributed by atoms with E-state index in [9.17, 15) is 8.42 Å². The Balaban J connectivity index is 1.44. The molecule has 7 nitrogen and oxygen atoms in total. The van der Waals surface area contributed by atoms with Gasteiger partial charge in [-0.2, -0.15) is 0 Å². The van der Waals surface area contributed by atoms with Crippen molar-refractivity contribution in [1.82, 2.24) is 3.97 Å². The van der Waals surface area contributed by atoms with Gasteiger partial charge in [-0.05, 0) is 73.4 Å². The Morgan fingerprint density at radius 3 is 1.60 bits per heavy atom. The Kier molecular flexibility index (Phi) is 10.5. The van der Waals surface area contributed by atoms with Gasteiger partial charge in [-0.15, -0.1) is 0 Å². The Labute approximate surface area is 311 Å². The minimum Gasteiger partial charge on any atom is -0.489 e. The summed E-state index contributed by atoms with van der Waals surface area (Å²) in [6.45, 7) is 6.63. The van der Waals surface area contributed by atoms with E-state index in [0.717, 1.165) is 27.8 Å². The molecule has 7 rings (SSSR count). The topological polar surface area (TPSA) is 76.0 Å². The van der Waals surface area contributed by atoms with E-state index in [4.69, 9.17) is 18.9 Å². The van der Waals surface area contributed by atoms with E-state index in [2.05, 4.69) is 0 Å². The van der Waals surface area contributed by atoms with Gasteiger partial charge in [0.1, 0.15) is 36.8 Å². The van der Waals surface area contributed by atoms with Gasteiger partial charge in [0.05, 0.1) is 16.6 Å². The molecule has 0 saturated carbocycles. The second-order valence-electron chi connectivity index (χ2n) is 13.1. The summed E-state index contributed by atoms with van der Waals surface area (Å²) in [5.41, 5.74) is 5.66. The number of rotatable bonds is 14. The van der Waals surface area contributed by atoms with Crippen molar-refractivity contribution < 1.29 is 27.4 Å². The third-order valence-electron chi connectivity index (χ3n) is 8.75. The zero-order chi connectivity index (χ0) is 36.8. The van der Waals surface area contributed by atoms with Crippen molar-refractivity contribution in [3.8, 4) is 34.1 Å². The molecule has 7 aromatic rings. The van der Waals surface area contributed by atoms with Crippen LogP contribution in [0.5, 0.6) is 23.0 Å². The average Bonchev–Trinajstić information content (AvgIpc) is 3.63. The molecule has 1 heterocycles. The number of benzene rings is 6. The van der Waals surface area contributed by atoms with E-state index >= 15 is 0 Å². The summed E-state index contributed by atoms with van der Waals surface area (Å²) in [5.74, 6) is 1.85. The van der Waals surface area contributed by atoms with E-state index in [1.165, 1.54) is 3.97 Å². The van der Waals surface area contributed by atoms with Crippen LogP contribution >= 0.6 is 0 Å². The van der Waals surface area contributed by atoms with Crippen molar-refractivity contribution in [3.05, 3.63) is 174 Å². The van der Waals surface area contributed by atoms with E-state index < -0.39 is 10.0 Å². The number of hydrogen-bond donors (Lipinski definition) is 0. The molecule has 0 spiro atoms. The van der Waals surface area contributed by atoms with Crippen LogP contribution in [0.25, 0.3) is 22.0 Å². The van der Waals surface area contributed by atoms with Crippen LogP contribution in [-0.4, -0.2) is 18.5 Å². The maximum atomic E-state index is 14.4. The minimum atomic E-state index is -4.08. The van der Waals surface area contributed by atoms with Gasteiger partial charge in [0.25, 0.3) is 10.0 Å². The van der Waals surface area contributed by atoms with Gasteiger partial charge < -0.3 is 18.9 Å². The fourth-order valence-corrected chi connectivity index (χ4v) is 7.47. The lowest BCUT2D eigenvalue weighted by atomic mass is 9.99. The Bertz CT molecular complexity index is 2390. The zero-order valence-corrected chi connectivity index (χ0v) is 30.8. The highest BCUT2D eigenvalue weighted by atomic mass is 32.2. The SMILES string of the molecule is Cc1ccc(S(=O)(=O)n2ccc3c(OCc4ccccc4)c(-c4ccc(OCc5ccccc5)cc4)c(OC(C)C)c(OCc4ccccc4)c32)cc1. The molecular weight excluding hydrogens is 683 g/mol. The predicted octanol–water partition coefficient (Wildman–Crippen LogP) is 10.4. The third kappa shape index (κ3) is 7.93. The Morgan fingerprint density at radius 2 is 1.08 bits per heavy atom. The van der Waals surface area contributed by atoms with Crippen LogP contribution in [0.4, 0.5) is 0 Å². The first-order valence-corrected chi connectivity index (χ1v) is 19.0. The molecule has 268 valence electrons. The molecule has 53 heavy (non-hydrogen) atoms. The minimum absolute atomic E-state index is 0.155. The van der Waals surface area contributed by atoms with E-state index in [0.29, 0.717) is 46.1 Å². The third-order valence-corrected chi connectivity index (χ3v) is 10.4. The summed E-state index contributed by atoms with van der Waals surface area (Å²) in [7, 11) is -4.08. The molecule has 0 aliphatic carbocycles. The fraction of sp³-hybridized carbons (Fsp3) is 0.156. The first-order chi connectivity index (χ1) is 25.8. The molecule has 0 saturated heterocycles. The van der Waals surface area contributed by atoms with Crippen LogP contribution < -0.4 is 18.9 Å². The van der Waals surface area contributed by atoms with Gasteiger partial charge in [-0.3, -0.25) is 0 Å². The van der Waals surface area contributed by atoms with Gasteiger partial charge >= 0.3 is 0 Å². The Hall–Kier alpha value is -5.99. The number of aromatic nitrogens is 1. The summed E-state index contributed by atoms with van der Waals surface area (Å²) < 4.78 is 56.4. The van der Waals surface area contributed by atoms with Crippen molar-refractivity contribution in [1.29, 1.82) is 0 Å². The van der Waals surface area contributed by atoms with E-state index in [-0.39, 0.29) is 24.2 Å². The summed E-state index contributed by atoms with van der Waals surface area (Å²) in [5, 5.41) is 0.565. The monoisotopic (exact) mass is 723 g/mol. The van der Waals surface area contributed by atoms with Crippen molar-refractivity contribution in [2.75, 3.05) is 0 Å². The largest absolute Gasteiger partial charge is 0.489 e. The maximum Gasteiger partial charge on any atom is 0.268 e. The molecule has 0 atom stereocenters. The normalized spacial score (nSPS) is 11.5. The number of hydrogen-bond acceptors (Lipinski definition) is 6. The highest BCUT2D eigenvalue weighted by Gasteiger charge is 2.31. The Morgan fingerprint density at radius 1 is 0.566 bits per heavy atom. The molecule has 0 bridgehead atoms. The first kappa shape index (κ1) is 35.4. The standard InChI is InChI=1S/C45H41NO6S/c1-32(2)52-44-41(37-21-23-38(24-22-37)49-29-34-13-7-4-8-14-34)43(50-30-35-15-9-5-10-16-35)40-27-28-46(53(47,48)39-25-19-33(3)20-26-39)42(40)45(44)51-31-36-17-11-6-12-18-36/h4-28,32H,29-31H2,1-3H3. The summed E-state index contributed by atoms with van der Waals surface area (Å²) in [4.78, 5) is 0.155. The lowest BCUT2D eigenvalue weighted by molar-refractivity contribution is 0.219. The fourth-order valence-electron chi connectivity index (χ4n) is 6.12. The van der Waals surface area contributed by atoms with Gasteiger partial charge in [-0.1, -0.05) is 121 Å². The lowest BCUT2D eigenvalue weighted by Gasteiger charge is -2.24. The molecule has 0 N–H and O–H groups in total. The summed E-state index contributed by atoms with van der Waals surface area (Å²) >= 11 is 0. The first-order valence-electron chi connectivity index (χ1n) is 17.6. The highest BCUT2D eigenvalue weighted by Crippen LogP contribution is 2.53. The number of aryl methyl sites for hydroxylation is 1. The molecule has 8 heteroatoms. The zero-order valence-electron chi connectivity index (χ0n) is 29.9. The molecule has 1 aromatic heterocycles. The quantitative estimate of drug-likeness (QED) is 0.111. The molecule has 0 aliphatic heterocycles. The van der Waals surface area contributed by atoms with Crippen molar-refractivity contribution >= 4 is 20.9 Å². The van der Waals surface area contributed by atoms with Crippen molar-refractivity contribution in [2.45, 2.75) is 51.6 Å². The van der Waals surface area contributed by atoms with Crippen molar-refractivity contribution in [3.63, 3.8) is 0 Å². The molecule has 0 radical (unpaired) electrons. The average molecular weight is 724 g/mol. The van der Waals surface area contributed by atoms with Crippen LogP contribution in [0.2, 0.25) is 0 Å². The van der Waals surface area contributed by atoms with E-state index in [1.54, 1.807) is 36.5 Å². The van der Waals surface area contributed by atoms with Gasteiger partial charge in [0.2, 0.25) is 0 Å².